The Bertz CT molecular complexity index is 817. The third-order valence-corrected chi connectivity index (χ3v) is 7.30. The van der Waals surface area contributed by atoms with E-state index in [4.69, 9.17) is 9.47 Å². The number of benzene rings is 2. The maximum absolute atomic E-state index is 12.5. The van der Waals surface area contributed by atoms with Gasteiger partial charge in [0.2, 0.25) is 0 Å². The molecule has 0 aromatic heterocycles. The highest BCUT2D eigenvalue weighted by atomic mass is 16.5. The first kappa shape index (κ1) is 25.3. The summed E-state index contributed by atoms with van der Waals surface area (Å²) in [6.45, 7) is 7.42. The lowest BCUT2D eigenvalue weighted by Gasteiger charge is -2.28. The van der Waals surface area contributed by atoms with Crippen molar-refractivity contribution in [3.63, 3.8) is 0 Å². The molecule has 0 N–H and O–H groups in total. The van der Waals surface area contributed by atoms with Gasteiger partial charge in [-0.3, -0.25) is 0 Å². The van der Waals surface area contributed by atoms with Crippen LogP contribution in [0, 0.1) is 17.8 Å². The van der Waals surface area contributed by atoms with Crippen LogP contribution in [0.25, 0.3) is 0 Å². The number of aryl methyl sites for hydroxylation is 1. The maximum atomic E-state index is 12.5. The van der Waals surface area contributed by atoms with Crippen LogP contribution in [0.2, 0.25) is 0 Å². The third-order valence-electron chi connectivity index (χ3n) is 7.30. The first-order valence-corrected chi connectivity index (χ1v) is 13.1. The van der Waals surface area contributed by atoms with Crippen molar-refractivity contribution in [3.05, 3.63) is 59.7 Å². The van der Waals surface area contributed by atoms with Gasteiger partial charge in [0, 0.05) is 0 Å². The van der Waals surface area contributed by atoms with Gasteiger partial charge in [-0.25, -0.2) is 4.79 Å². The lowest BCUT2D eigenvalue weighted by atomic mass is 9.78. The van der Waals surface area contributed by atoms with Crippen LogP contribution in [0.1, 0.15) is 94.5 Å². The smallest absolute Gasteiger partial charge is 0.343 e. The monoisotopic (exact) mass is 450 g/mol. The minimum atomic E-state index is -0.335. The van der Waals surface area contributed by atoms with Gasteiger partial charge in [0.05, 0.1) is 12.2 Å². The molecule has 0 unspecified atom stereocenters. The Kier molecular flexibility index (Phi) is 10.3. The molecule has 2 aromatic rings. The second-order valence-corrected chi connectivity index (χ2v) is 9.92. The molecule has 0 saturated heterocycles. The van der Waals surface area contributed by atoms with Gasteiger partial charge in [-0.1, -0.05) is 77.8 Å². The quantitative estimate of drug-likeness (QED) is 0.241. The molecule has 0 radical (unpaired) electrons. The second kappa shape index (κ2) is 13.4. The van der Waals surface area contributed by atoms with Gasteiger partial charge in [-0.15, -0.1) is 0 Å². The summed E-state index contributed by atoms with van der Waals surface area (Å²) >= 11 is 0. The fourth-order valence-corrected chi connectivity index (χ4v) is 4.75. The summed E-state index contributed by atoms with van der Waals surface area (Å²) < 4.78 is 11.3. The molecule has 1 aliphatic carbocycles. The zero-order valence-corrected chi connectivity index (χ0v) is 20.9. The summed E-state index contributed by atoms with van der Waals surface area (Å²) in [7, 11) is 0. The highest BCUT2D eigenvalue weighted by Gasteiger charge is 2.20. The Morgan fingerprint density at radius 3 is 2.09 bits per heavy atom. The number of hydrogen-bond acceptors (Lipinski definition) is 3. The first-order valence-electron chi connectivity index (χ1n) is 13.1. The first-order chi connectivity index (χ1) is 16.1. The van der Waals surface area contributed by atoms with Gasteiger partial charge in [-0.2, -0.15) is 0 Å². The van der Waals surface area contributed by atoms with Crippen molar-refractivity contribution in [2.75, 3.05) is 6.61 Å². The Morgan fingerprint density at radius 1 is 0.879 bits per heavy atom. The molecule has 0 aliphatic heterocycles. The fourth-order valence-electron chi connectivity index (χ4n) is 4.75. The van der Waals surface area contributed by atoms with E-state index in [1.54, 1.807) is 12.1 Å². The summed E-state index contributed by atoms with van der Waals surface area (Å²) in [4.78, 5) is 12.5. The Labute approximate surface area is 200 Å². The molecule has 33 heavy (non-hydrogen) atoms. The van der Waals surface area contributed by atoms with Gasteiger partial charge in [0.1, 0.15) is 11.5 Å². The van der Waals surface area contributed by atoms with Crippen LogP contribution in [0.5, 0.6) is 11.5 Å². The fraction of sp³-hybridized carbons (Fsp3) is 0.567. The maximum Gasteiger partial charge on any atom is 0.343 e. The van der Waals surface area contributed by atoms with E-state index in [1.165, 1.54) is 50.5 Å². The third kappa shape index (κ3) is 8.53. The Morgan fingerprint density at radius 2 is 1.48 bits per heavy atom. The van der Waals surface area contributed by atoms with Crippen molar-refractivity contribution in [1.29, 1.82) is 0 Å². The number of hydrogen-bond donors (Lipinski definition) is 0. The average molecular weight is 451 g/mol. The minimum absolute atomic E-state index is 0.335. The highest BCUT2D eigenvalue weighted by Crippen LogP contribution is 2.34. The Balaban J connectivity index is 1.40. The van der Waals surface area contributed by atoms with Crippen LogP contribution in [0.15, 0.2) is 48.5 Å². The van der Waals surface area contributed by atoms with Gasteiger partial charge in [0.25, 0.3) is 0 Å². The van der Waals surface area contributed by atoms with E-state index in [9.17, 15) is 4.79 Å². The van der Waals surface area contributed by atoms with E-state index in [0.29, 0.717) is 23.8 Å². The lowest BCUT2D eigenvalue weighted by molar-refractivity contribution is 0.0734. The number of ether oxygens (including phenoxy) is 2. The van der Waals surface area contributed by atoms with Crippen LogP contribution in [0.3, 0.4) is 0 Å². The van der Waals surface area contributed by atoms with Crippen molar-refractivity contribution < 1.29 is 14.3 Å². The van der Waals surface area contributed by atoms with E-state index >= 15 is 0 Å². The molecule has 0 bridgehead atoms. The summed E-state index contributed by atoms with van der Waals surface area (Å²) in [5, 5.41) is 0. The summed E-state index contributed by atoms with van der Waals surface area (Å²) in [6.07, 6.45) is 12.9. The van der Waals surface area contributed by atoms with Gasteiger partial charge < -0.3 is 9.47 Å². The molecule has 1 atom stereocenters. The average Bonchev–Trinajstić information content (AvgIpc) is 2.85. The normalized spacial score (nSPS) is 19.1. The molecule has 1 saturated carbocycles. The molecule has 0 heterocycles. The van der Waals surface area contributed by atoms with E-state index in [2.05, 4.69) is 32.9 Å². The van der Waals surface area contributed by atoms with Crippen molar-refractivity contribution in [1.82, 2.24) is 0 Å². The van der Waals surface area contributed by atoms with Gasteiger partial charge in [0.15, 0.2) is 0 Å². The highest BCUT2D eigenvalue weighted by molar-refractivity contribution is 5.91. The van der Waals surface area contributed by atoms with E-state index in [0.717, 1.165) is 36.8 Å². The number of carbonyl (C=O) groups is 1. The molecule has 1 fully saturated rings. The van der Waals surface area contributed by atoms with Gasteiger partial charge in [-0.05, 0) is 79.0 Å². The van der Waals surface area contributed by atoms with E-state index in [1.807, 2.05) is 24.3 Å². The number of rotatable bonds is 12. The summed E-state index contributed by atoms with van der Waals surface area (Å²) in [5.74, 6) is 3.56. The Hall–Kier alpha value is -2.29. The van der Waals surface area contributed by atoms with Crippen LogP contribution < -0.4 is 9.47 Å². The SMILES string of the molecule is CCCC1CCC(CCc2ccc(OC(=O)c3ccc(OCC[C@@H](C)CC)cc3)cc2)CC1. The number of esters is 1. The van der Waals surface area contributed by atoms with Crippen LogP contribution >= 0.6 is 0 Å². The topological polar surface area (TPSA) is 35.5 Å². The van der Waals surface area contributed by atoms with E-state index in [-0.39, 0.29) is 5.97 Å². The van der Waals surface area contributed by atoms with Gasteiger partial charge >= 0.3 is 5.97 Å². The zero-order chi connectivity index (χ0) is 23.5. The summed E-state index contributed by atoms with van der Waals surface area (Å²) in [6, 6.07) is 15.2. The summed E-state index contributed by atoms with van der Waals surface area (Å²) in [5.41, 5.74) is 1.86. The zero-order valence-electron chi connectivity index (χ0n) is 20.9. The molecular formula is C30H42O3. The van der Waals surface area contributed by atoms with E-state index < -0.39 is 0 Å². The van der Waals surface area contributed by atoms with Crippen LogP contribution in [0.4, 0.5) is 0 Å². The molecule has 2 aromatic carbocycles. The predicted octanol–water partition coefficient (Wildman–Crippen LogP) is 8.26. The standard InChI is InChI=1S/C30H42O3/c1-4-6-24-7-9-25(10-8-24)11-12-26-13-17-29(18-14-26)33-30(31)27-15-19-28(20-16-27)32-22-21-23(3)5-2/h13-20,23-25H,4-12,21-22H2,1-3H3/t23-,24?,25?/m0/s1. The van der Waals surface area contributed by atoms with Crippen molar-refractivity contribution >= 4 is 5.97 Å². The lowest BCUT2D eigenvalue weighted by Crippen LogP contribution is -2.15. The van der Waals surface area contributed by atoms with Crippen LogP contribution in [-0.4, -0.2) is 12.6 Å². The predicted molar refractivity (Wildman–Crippen MR) is 136 cm³/mol. The van der Waals surface area contributed by atoms with Crippen molar-refractivity contribution in [2.24, 2.45) is 17.8 Å². The van der Waals surface area contributed by atoms with Crippen molar-refractivity contribution in [2.45, 2.75) is 85.0 Å². The van der Waals surface area contributed by atoms with Crippen molar-refractivity contribution in [3.8, 4) is 11.5 Å². The second-order valence-electron chi connectivity index (χ2n) is 9.92. The molecule has 3 heteroatoms. The van der Waals surface area contributed by atoms with Crippen LogP contribution in [-0.2, 0) is 6.42 Å². The molecule has 1 aliphatic rings. The minimum Gasteiger partial charge on any atom is -0.494 e. The number of carbonyl (C=O) groups excluding carboxylic acids is 1. The molecule has 3 nitrogen and oxygen atoms in total. The molecular weight excluding hydrogens is 408 g/mol. The largest absolute Gasteiger partial charge is 0.494 e. The molecule has 3 rings (SSSR count). The molecule has 0 spiro atoms. The molecule has 180 valence electrons. The molecule has 0 amide bonds.